The fourth-order valence-electron chi connectivity index (χ4n) is 3.76. The van der Waals surface area contributed by atoms with Gasteiger partial charge in [-0.05, 0) is 84.5 Å². The standard InChI is InChI=1S/C32H46O2Si2/c1-23-17-13-15-19-25(23)27-21-30(34-36(11,12)32(6,7)8)28(26-20-16-14-18-24(26)2)22-29(27)33-35(9,10)31(3,4)5/h13-22H,1-12H3. The summed E-state index contributed by atoms with van der Waals surface area (Å²) in [7, 11) is -4.18. The van der Waals surface area contributed by atoms with E-state index in [9.17, 15) is 0 Å². The van der Waals surface area contributed by atoms with E-state index in [0.717, 1.165) is 22.6 Å². The molecule has 0 saturated carbocycles. The van der Waals surface area contributed by atoms with E-state index in [-0.39, 0.29) is 10.1 Å². The van der Waals surface area contributed by atoms with Crippen molar-refractivity contribution in [3.63, 3.8) is 0 Å². The van der Waals surface area contributed by atoms with Crippen LogP contribution in [0.25, 0.3) is 22.3 Å². The Morgan fingerprint density at radius 1 is 0.500 bits per heavy atom. The van der Waals surface area contributed by atoms with Gasteiger partial charge in [-0.25, -0.2) is 0 Å². The molecule has 0 amide bonds. The molecule has 0 aliphatic heterocycles. The summed E-state index contributed by atoms with van der Waals surface area (Å²) in [5.74, 6) is 1.91. The van der Waals surface area contributed by atoms with Crippen molar-refractivity contribution in [1.82, 2.24) is 0 Å². The molecule has 0 spiro atoms. The van der Waals surface area contributed by atoms with E-state index in [1.807, 2.05) is 0 Å². The maximum absolute atomic E-state index is 7.06. The van der Waals surface area contributed by atoms with Crippen LogP contribution < -0.4 is 8.85 Å². The minimum Gasteiger partial charge on any atom is -0.543 e. The third-order valence-corrected chi connectivity index (χ3v) is 17.0. The first kappa shape index (κ1) is 28.3. The summed E-state index contributed by atoms with van der Waals surface area (Å²) in [6.07, 6.45) is 0. The molecular formula is C32H46O2Si2. The van der Waals surface area contributed by atoms with Crippen LogP contribution in [0.15, 0.2) is 60.7 Å². The van der Waals surface area contributed by atoms with Gasteiger partial charge in [0.15, 0.2) is 0 Å². The number of aryl methyl sites for hydroxylation is 2. The van der Waals surface area contributed by atoms with E-state index in [1.165, 1.54) is 22.3 Å². The van der Waals surface area contributed by atoms with Gasteiger partial charge in [0.25, 0.3) is 16.6 Å². The number of benzene rings is 3. The third kappa shape index (κ3) is 5.81. The molecule has 0 fully saturated rings. The van der Waals surface area contributed by atoms with Crippen LogP contribution in [-0.4, -0.2) is 16.6 Å². The van der Waals surface area contributed by atoms with Crippen molar-refractivity contribution in [3.05, 3.63) is 71.8 Å². The van der Waals surface area contributed by atoms with Gasteiger partial charge in [0.1, 0.15) is 11.5 Å². The van der Waals surface area contributed by atoms with Crippen molar-refractivity contribution in [2.45, 2.75) is 91.7 Å². The molecule has 4 heteroatoms. The fourth-order valence-corrected chi connectivity index (χ4v) is 5.81. The van der Waals surface area contributed by atoms with E-state index in [0.29, 0.717) is 0 Å². The Kier molecular flexibility index (Phi) is 7.75. The summed E-state index contributed by atoms with van der Waals surface area (Å²) < 4.78 is 14.1. The quantitative estimate of drug-likeness (QED) is 0.302. The van der Waals surface area contributed by atoms with Crippen LogP contribution in [0.1, 0.15) is 52.7 Å². The van der Waals surface area contributed by atoms with E-state index in [4.69, 9.17) is 8.85 Å². The molecule has 0 heterocycles. The lowest BCUT2D eigenvalue weighted by atomic mass is 9.94. The number of hydrogen-bond donors (Lipinski definition) is 0. The fraction of sp³-hybridized carbons (Fsp3) is 0.438. The Balaban J connectivity index is 2.37. The Bertz CT molecular complexity index is 1130. The highest BCUT2D eigenvalue weighted by Gasteiger charge is 2.41. The number of hydrogen-bond acceptors (Lipinski definition) is 2. The predicted molar refractivity (Wildman–Crippen MR) is 162 cm³/mol. The highest BCUT2D eigenvalue weighted by molar-refractivity contribution is 6.75. The van der Waals surface area contributed by atoms with Gasteiger partial charge in [0.05, 0.1) is 0 Å². The Hall–Kier alpha value is -2.31. The highest BCUT2D eigenvalue weighted by Crippen LogP contribution is 2.48. The second-order valence-electron chi connectivity index (χ2n) is 13.2. The topological polar surface area (TPSA) is 18.5 Å². The lowest BCUT2D eigenvalue weighted by molar-refractivity contribution is 0.484. The van der Waals surface area contributed by atoms with Gasteiger partial charge < -0.3 is 8.85 Å². The Morgan fingerprint density at radius 3 is 1.08 bits per heavy atom. The molecule has 3 aromatic carbocycles. The maximum Gasteiger partial charge on any atom is 0.250 e. The summed E-state index contributed by atoms with van der Waals surface area (Å²) in [5, 5.41) is 0.185. The van der Waals surface area contributed by atoms with Crippen LogP contribution in [0.5, 0.6) is 11.5 Å². The van der Waals surface area contributed by atoms with Gasteiger partial charge in [0.2, 0.25) is 0 Å². The van der Waals surface area contributed by atoms with Crippen molar-refractivity contribution in [3.8, 4) is 33.8 Å². The molecule has 194 valence electrons. The van der Waals surface area contributed by atoms with Gasteiger partial charge in [-0.2, -0.15) is 0 Å². The summed E-state index contributed by atoms with van der Waals surface area (Å²) in [6.45, 7) is 27.4. The zero-order valence-electron chi connectivity index (χ0n) is 24.6. The Morgan fingerprint density at radius 2 is 0.806 bits per heavy atom. The zero-order chi connectivity index (χ0) is 27.1. The van der Waals surface area contributed by atoms with Gasteiger partial charge in [-0.3, -0.25) is 0 Å². The third-order valence-electron chi connectivity index (χ3n) is 8.29. The van der Waals surface area contributed by atoms with E-state index in [1.54, 1.807) is 0 Å². The maximum atomic E-state index is 7.06. The van der Waals surface area contributed by atoms with Crippen LogP contribution in [0.3, 0.4) is 0 Å². The first-order valence-electron chi connectivity index (χ1n) is 13.1. The lowest BCUT2D eigenvalue weighted by Gasteiger charge is -2.39. The summed E-state index contributed by atoms with van der Waals surface area (Å²) >= 11 is 0. The first-order chi connectivity index (χ1) is 16.4. The van der Waals surface area contributed by atoms with Crippen LogP contribution in [0, 0.1) is 13.8 Å². The van der Waals surface area contributed by atoms with Crippen molar-refractivity contribution in [1.29, 1.82) is 0 Å². The molecule has 0 bridgehead atoms. The molecule has 0 radical (unpaired) electrons. The average molecular weight is 519 g/mol. The SMILES string of the molecule is Cc1ccccc1-c1cc(O[Si](C)(C)C(C)(C)C)c(-c2ccccc2C)cc1O[Si](C)(C)C(C)(C)C. The average Bonchev–Trinajstić information content (AvgIpc) is 2.73. The van der Waals surface area contributed by atoms with Crippen LogP contribution in [-0.2, 0) is 0 Å². The van der Waals surface area contributed by atoms with Gasteiger partial charge >= 0.3 is 0 Å². The largest absolute Gasteiger partial charge is 0.543 e. The molecule has 0 aliphatic rings. The molecule has 36 heavy (non-hydrogen) atoms. The minimum atomic E-state index is -2.09. The van der Waals surface area contributed by atoms with Gasteiger partial charge in [0, 0.05) is 11.1 Å². The molecule has 3 aromatic rings. The van der Waals surface area contributed by atoms with Crippen LogP contribution >= 0.6 is 0 Å². The van der Waals surface area contributed by atoms with Crippen LogP contribution in [0.4, 0.5) is 0 Å². The summed E-state index contributed by atoms with van der Waals surface area (Å²) in [4.78, 5) is 0. The monoisotopic (exact) mass is 518 g/mol. The van der Waals surface area contributed by atoms with Crippen molar-refractivity contribution in [2.75, 3.05) is 0 Å². The van der Waals surface area contributed by atoms with Crippen LogP contribution in [0.2, 0.25) is 36.3 Å². The normalized spacial score (nSPS) is 13.0. The van der Waals surface area contributed by atoms with E-state index < -0.39 is 16.6 Å². The summed E-state index contributed by atoms with van der Waals surface area (Å²) in [6, 6.07) is 21.7. The molecule has 0 aliphatic carbocycles. The zero-order valence-corrected chi connectivity index (χ0v) is 26.6. The molecule has 0 atom stereocenters. The van der Waals surface area contributed by atoms with Gasteiger partial charge in [-0.1, -0.05) is 90.1 Å². The van der Waals surface area contributed by atoms with E-state index >= 15 is 0 Å². The first-order valence-corrected chi connectivity index (χ1v) is 18.9. The molecule has 0 saturated heterocycles. The van der Waals surface area contributed by atoms with E-state index in [2.05, 4.69) is 142 Å². The lowest BCUT2D eigenvalue weighted by Crippen LogP contribution is -2.44. The molecule has 0 aromatic heterocycles. The predicted octanol–water partition coefficient (Wildman–Crippen LogP) is 10.4. The van der Waals surface area contributed by atoms with Crippen molar-refractivity contribution >= 4 is 16.6 Å². The summed E-state index contributed by atoms with van der Waals surface area (Å²) in [5.41, 5.74) is 7.09. The molecule has 3 rings (SSSR count). The van der Waals surface area contributed by atoms with Crippen molar-refractivity contribution < 1.29 is 8.85 Å². The smallest absolute Gasteiger partial charge is 0.250 e. The highest BCUT2D eigenvalue weighted by atomic mass is 28.4. The molecular weight excluding hydrogens is 473 g/mol. The second-order valence-corrected chi connectivity index (χ2v) is 22.6. The van der Waals surface area contributed by atoms with Gasteiger partial charge in [-0.15, -0.1) is 0 Å². The second kappa shape index (κ2) is 9.87. The minimum absolute atomic E-state index is 0.0924. The number of rotatable bonds is 6. The molecule has 0 N–H and O–H groups in total. The Labute approximate surface area is 222 Å². The molecule has 2 nitrogen and oxygen atoms in total. The molecule has 0 unspecified atom stereocenters. The van der Waals surface area contributed by atoms with Crippen molar-refractivity contribution in [2.24, 2.45) is 0 Å².